The third-order valence-electron chi connectivity index (χ3n) is 13.0. The summed E-state index contributed by atoms with van der Waals surface area (Å²) in [6, 6.07) is 0. The molecule has 0 amide bonds. The van der Waals surface area contributed by atoms with Gasteiger partial charge in [-0.1, -0.05) is 67.2 Å². The molecular weight excluding hydrogens is 376 g/mol. The molecular formula is C30H52O. The van der Waals surface area contributed by atoms with E-state index in [1.165, 1.54) is 83.5 Å². The molecule has 1 N–H and O–H groups in total. The van der Waals surface area contributed by atoms with Crippen LogP contribution >= 0.6 is 0 Å². The van der Waals surface area contributed by atoms with Crippen LogP contribution in [-0.2, 0) is 0 Å². The summed E-state index contributed by atoms with van der Waals surface area (Å²) < 4.78 is 0. The van der Waals surface area contributed by atoms with Gasteiger partial charge < -0.3 is 5.11 Å². The van der Waals surface area contributed by atoms with Crippen molar-refractivity contribution in [3.05, 3.63) is 0 Å². The normalized spacial score (nSPS) is 50.9. The molecule has 5 aliphatic rings. The molecule has 0 heterocycles. The number of fused-ring (bicyclic) bond motifs is 2. The van der Waals surface area contributed by atoms with Gasteiger partial charge in [-0.05, 0) is 109 Å². The predicted molar refractivity (Wildman–Crippen MR) is 131 cm³/mol. The highest BCUT2D eigenvalue weighted by atomic mass is 16.3. The van der Waals surface area contributed by atoms with Crippen LogP contribution in [0.5, 0.6) is 0 Å². The van der Waals surface area contributed by atoms with E-state index >= 15 is 0 Å². The zero-order valence-corrected chi connectivity index (χ0v) is 21.7. The van der Waals surface area contributed by atoms with Crippen LogP contribution in [0.25, 0.3) is 0 Å². The summed E-state index contributed by atoms with van der Waals surface area (Å²) in [5, 5.41) is 11.1. The van der Waals surface area contributed by atoms with E-state index in [9.17, 15) is 5.11 Å². The summed E-state index contributed by atoms with van der Waals surface area (Å²) in [7, 11) is 0. The summed E-state index contributed by atoms with van der Waals surface area (Å²) in [5.74, 6) is 4.25. The molecule has 0 bridgehead atoms. The lowest BCUT2D eigenvalue weighted by Crippen LogP contribution is -2.58. The first-order valence-electron chi connectivity index (χ1n) is 14.2. The maximum absolute atomic E-state index is 11.1. The van der Waals surface area contributed by atoms with Crippen LogP contribution in [0.1, 0.15) is 125 Å². The van der Waals surface area contributed by atoms with Crippen LogP contribution in [0.4, 0.5) is 0 Å². The second-order valence-electron chi connectivity index (χ2n) is 14.7. The van der Waals surface area contributed by atoms with Crippen LogP contribution in [0.15, 0.2) is 0 Å². The number of hydrogen-bond donors (Lipinski definition) is 1. The van der Waals surface area contributed by atoms with E-state index in [1.54, 1.807) is 0 Å². The molecule has 31 heavy (non-hydrogen) atoms. The van der Waals surface area contributed by atoms with E-state index in [-0.39, 0.29) is 5.41 Å². The summed E-state index contributed by atoms with van der Waals surface area (Å²) in [4.78, 5) is 0. The minimum Gasteiger partial charge on any atom is -0.396 e. The Hall–Kier alpha value is -0.0400. The number of rotatable bonds is 6. The zero-order chi connectivity index (χ0) is 22.3. The van der Waals surface area contributed by atoms with Crippen molar-refractivity contribution in [3.63, 3.8) is 0 Å². The molecule has 0 aliphatic heterocycles. The minimum atomic E-state index is 0.221. The highest BCUT2D eigenvalue weighted by Crippen LogP contribution is 2.89. The molecule has 1 heteroatoms. The van der Waals surface area contributed by atoms with E-state index in [0.29, 0.717) is 28.3 Å². The molecule has 0 saturated heterocycles. The molecule has 0 aromatic heterocycles. The van der Waals surface area contributed by atoms with Gasteiger partial charge in [0.05, 0.1) is 0 Å². The maximum atomic E-state index is 11.1. The number of hydrogen-bond acceptors (Lipinski definition) is 1. The Morgan fingerprint density at radius 1 is 0.806 bits per heavy atom. The lowest BCUT2D eigenvalue weighted by molar-refractivity contribution is -0.167. The van der Waals surface area contributed by atoms with Crippen molar-refractivity contribution < 1.29 is 5.11 Å². The van der Waals surface area contributed by atoms with Gasteiger partial charge in [0, 0.05) is 12.0 Å². The van der Waals surface area contributed by atoms with Gasteiger partial charge in [-0.3, -0.25) is 0 Å². The van der Waals surface area contributed by atoms with Gasteiger partial charge >= 0.3 is 0 Å². The average Bonchev–Trinajstić information content (AvgIpc) is 3.25. The molecule has 2 spiro atoms. The van der Waals surface area contributed by atoms with Crippen LogP contribution in [0.3, 0.4) is 0 Å². The quantitative estimate of drug-likeness (QED) is 0.451. The Morgan fingerprint density at radius 2 is 1.52 bits per heavy atom. The van der Waals surface area contributed by atoms with E-state index in [1.807, 2.05) is 0 Å². The molecule has 5 fully saturated rings. The molecule has 178 valence electrons. The first-order valence-corrected chi connectivity index (χ1v) is 14.2. The van der Waals surface area contributed by atoms with Gasteiger partial charge in [0.2, 0.25) is 0 Å². The Balaban J connectivity index is 1.42. The molecule has 0 aromatic carbocycles. The Labute approximate surface area is 193 Å². The molecule has 5 aliphatic carbocycles. The summed E-state index contributed by atoms with van der Waals surface area (Å²) >= 11 is 0. The van der Waals surface area contributed by atoms with E-state index in [0.717, 1.165) is 29.6 Å². The largest absolute Gasteiger partial charge is 0.396 e. The fourth-order valence-corrected chi connectivity index (χ4v) is 11.6. The third-order valence-corrected chi connectivity index (χ3v) is 13.0. The minimum absolute atomic E-state index is 0.221. The fraction of sp³-hybridized carbons (Fsp3) is 1.00. The number of aliphatic hydroxyl groups is 1. The first kappa shape index (κ1) is 22.7. The summed E-state index contributed by atoms with van der Waals surface area (Å²) in [6.07, 6.45) is 18.5. The smallest absolute Gasteiger partial charge is 0.0495 e. The Morgan fingerprint density at radius 3 is 2.23 bits per heavy atom. The van der Waals surface area contributed by atoms with Crippen LogP contribution in [0.2, 0.25) is 0 Å². The monoisotopic (exact) mass is 428 g/mol. The lowest BCUT2D eigenvalue weighted by Gasteiger charge is -2.63. The predicted octanol–water partition coefficient (Wildman–Crippen LogP) is 8.25. The zero-order valence-electron chi connectivity index (χ0n) is 21.7. The SMILES string of the molecule is CC(C)CCC[C@@H](C)[C@H]1CC[C@@]2(CO)[C@@H]3CC[C@H]4C(C)(C)CCC[C@@]45C[C@@]35CC[C@]12C. The van der Waals surface area contributed by atoms with E-state index in [4.69, 9.17) is 0 Å². The number of aliphatic hydroxyl groups excluding tert-OH is 1. The van der Waals surface area contributed by atoms with Gasteiger partial charge in [-0.15, -0.1) is 0 Å². The summed E-state index contributed by atoms with van der Waals surface area (Å²) in [6.45, 7) is 15.6. The van der Waals surface area contributed by atoms with Crippen molar-refractivity contribution in [3.8, 4) is 0 Å². The van der Waals surface area contributed by atoms with Crippen molar-refractivity contribution >= 4 is 0 Å². The van der Waals surface area contributed by atoms with Crippen molar-refractivity contribution in [2.75, 3.05) is 6.61 Å². The standard InChI is InChI=1S/C30H52O/c1-21(2)9-7-10-22(3)23-13-16-30(20-31)25-12-11-24-26(4,5)14-8-15-28(24)19-29(25,28)18-17-27(23,30)6/h21-25,31H,7-20H2,1-6H3/t22-,23-,24+,25-,27-,28-,29+,30-/m1/s1. The second-order valence-corrected chi connectivity index (χ2v) is 14.7. The highest BCUT2D eigenvalue weighted by molar-refractivity contribution is 5.30. The average molecular weight is 429 g/mol. The molecule has 5 rings (SSSR count). The molecule has 0 unspecified atom stereocenters. The van der Waals surface area contributed by atoms with Crippen LogP contribution in [0, 0.1) is 56.7 Å². The van der Waals surface area contributed by atoms with Crippen molar-refractivity contribution in [1.82, 2.24) is 0 Å². The maximum Gasteiger partial charge on any atom is 0.0495 e. The molecule has 8 atom stereocenters. The second kappa shape index (κ2) is 7.23. The lowest BCUT2D eigenvalue weighted by atomic mass is 9.41. The van der Waals surface area contributed by atoms with Crippen LogP contribution < -0.4 is 0 Å². The fourth-order valence-electron chi connectivity index (χ4n) is 11.6. The van der Waals surface area contributed by atoms with E-state index < -0.39 is 0 Å². The Kier molecular flexibility index (Phi) is 5.30. The van der Waals surface area contributed by atoms with Crippen molar-refractivity contribution in [2.45, 2.75) is 125 Å². The topological polar surface area (TPSA) is 20.2 Å². The van der Waals surface area contributed by atoms with Gasteiger partial charge in [-0.2, -0.15) is 0 Å². The molecule has 0 radical (unpaired) electrons. The third kappa shape index (κ3) is 2.83. The van der Waals surface area contributed by atoms with Crippen molar-refractivity contribution in [1.29, 1.82) is 0 Å². The van der Waals surface area contributed by atoms with Gasteiger partial charge in [0.1, 0.15) is 0 Å². The summed E-state index contributed by atoms with van der Waals surface area (Å²) in [5.41, 5.74) is 2.39. The van der Waals surface area contributed by atoms with Crippen molar-refractivity contribution in [2.24, 2.45) is 56.7 Å². The molecule has 0 aromatic rings. The van der Waals surface area contributed by atoms with E-state index in [2.05, 4.69) is 41.5 Å². The molecule has 1 nitrogen and oxygen atoms in total. The van der Waals surface area contributed by atoms with Crippen LogP contribution in [-0.4, -0.2) is 11.7 Å². The molecule has 5 saturated carbocycles. The van der Waals surface area contributed by atoms with Gasteiger partial charge in [-0.25, -0.2) is 0 Å². The van der Waals surface area contributed by atoms with Gasteiger partial charge in [0.15, 0.2) is 0 Å². The van der Waals surface area contributed by atoms with Gasteiger partial charge in [0.25, 0.3) is 0 Å². The Bertz CT molecular complexity index is 695. The highest BCUT2D eigenvalue weighted by Gasteiger charge is 2.82. The first-order chi connectivity index (χ1) is 14.6.